The van der Waals surface area contributed by atoms with Gasteiger partial charge < -0.3 is 14.6 Å². The molecule has 0 aromatic rings. The predicted octanol–water partition coefficient (Wildman–Crippen LogP) is 6.70. The molecule has 4 aliphatic rings. The van der Waals surface area contributed by atoms with Crippen molar-refractivity contribution >= 4 is 8.32 Å². The van der Waals surface area contributed by atoms with Crippen LogP contribution in [0.1, 0.15) is 93.4 Å². The highest BCUT2D eigenvalue weighted by Crippen LogP contribution is 2.68. The highest BCUT2D eigenvalue weighted by molar-refractivity contribution is 6.74. The Kier molecular flexibility index (Phi) is 5.98. The Morgan fingerprint density at radius 3 is 2.34 bits per heavy atom. The number of aliphatic hydroxyl groups excluding tert-OH is 1. The molecule has 3 unspecified atom stereocenters. The molecule has 3 saturated carbocycles. The van der Waals surface area contributed by atoms with Gasteiger partial charge in [0.2, 0.25) is 0 Å². The average molecular weight is 463 g/mol. The lowest BCUT2D eigenvalue weighted by atomic mass is 9.44. The van der Waals surface area contributed by atoms with Crippen molar-refractivity contribution in [3.8, 4) is 0 Å². The molecule has 0 aromatic heterocycles. The summed E-state index contributed by atoms with van der Waals surface area (Å²) in [6, 6.07) is 0. The maximum absolute atomic E-state index is 11.9. The van der Waals surface area contributed by atoms with Crippen molar-refractivity contribution in [3.05, 3.63) is 11.6 Å². The van der Waals surface area contributed by atoms with Crippen LogP contribution in [0.2, 0.25) is 18.1 Å². The van der Waals surface area contributed by atoms with Crippen LogP contribution in [0, 0.1) is 34.5 Å². The highest BCUT2D eigenvalue weighted by atomic mass is 28.4. The van der Waals surface area contributed by atoms with Crippen molar-refractivity contribution in [1.29, 1.82) is 0 Å². The minimum Gasteiger partial charge on any atom is -0.413 e. The second-order valence-corrected chi connectivity index (χ2v) is 18.9. The lowest BCUT2D eigenvalue weighted by molar-refractivity contribution is -0.155. The SMILES string of the molecule is CC[C@H]1CC[C@H]2[C@H]3[C@H](CC[C@]12C)[C@]1(C)C(=CC3(C)O)CC(O)CC1O[Si](C)(C)C(C)(C)C. The van der Waals surface area contributed by atoms with Crippen LogP contribution in [0.4, 0.5) is 0 Å². The molecule has 4 rings (SSSR count). The zero-order valence-corrected chi connectivity index (χ0v) is 23.3. The van der Waals surface area contributed by atoms with Gasteiger partial charge in [0.15, 0.2) is 8.32 Å². The van der Waals surface area contributed by atoms with Crippen LogP contribution in [0.15, 0.2) is 11.6 Å². The molecule has 9 atom stereocenters. The van der Waals surface area contributed by atoms with Crippen molar-refractivity contribution < 1.29 is 14.6 Å². The summed E-state index contributed by atoms with van der Waals surface area (Å²) in [6.07, 6.45) is 9.53. The number of fused-ring (bicyclic) bond motifs is 5. The fourth-order valence-corrected chi connectivity index (χ4v) is 9.91. The molecule has 0 saturated heterocycles. The smallest absolute Gasteiger partial charge is 0.192 e. The van der Waals surface area contributed by atoms with E-state index in [9.17, 15) is 10.2 Å². The van der Waals surface area contributed by atoms with E-state index in [4.69, 9.17) is 4.43 Å². The molecule has 2 N–H and O–H groups in total. The van der Waals surface area contributed by atoms with E-state index in [1.54, 1.807) is 0 Å². The standard InChI is InChI=1S/C28H50O3Si/c1-10-18-11-12-21-24-22(13-14-26(18,21)5)28(7)19(17-27(24,6)30)15-20(29)16-23(28)31-32(8,9)25(2,3)4/h17-18,20-24,29-30H,10-16H2,1-9H3/t18-,20?,21-,22-,23?,24-,26+,27?,28-/m0/s1. The van der Waals surface area contributed by atoms with Crippen molar-refractivity contribution in [2.45, 2.75) is 129 Å². The minimum atomic E-state index is -2.00. The normalized spacial score (nSPS) is 49.2. The minimum absolute atomic E-state index is 0.0368. The summed E-state index contributed by atoms with van der Waals surface area (Å²) in [6.45, 7) is 21.0. The summed E-state index contributed by atoms with van der Waals surface area (Å²) in [5.74, 6) is 2.08. The van der Waals surface area contributed by atoms with Crippen molar-refractivity contribution in [2.75, 3.05) is 0 Å². The molecule has 0 bridgehead atoms. The Bertz CT molecular complexity index is 765. The van der Waals surface area contributed by atoms with Gasteiger partial charge in [-0.2, -0.15) is 0 Å². The van der Waals surface area contributed by atoms with Gasteiger partial charge in [0.1, 0.15) is 0 Å². The first kappa shape index (κ1) is 24.9. The number of hydrogen-bond acceptors (Lipinski definition) is 3. The topological polar surface area (TPSA) is 49.7 Å². The molecule has 3 nitrogen and oxygen atoms in total. The van der Waals surface area contributed by atoms with E-state index in [0.29, 0.717) is 23.7 Å². The first-order chi connectivity index (χ1) is 14.6. The van der Waals surface area contributed by atoms with Crippen LogP contribution in [0.3, 0.4) is 0 Å². The maximum atomic E-state index is 11.9. The fraction of sp³-hybridized carbons (Fsp3) is 0.929. The summed E-state index contributed by atoms with van der Waals surface area (Å²) < 4.78 is 7.14. The van der Waals surface area contributed by atoms with Crippen LogP contribution >= 0.6 is 0 Å². The zero-order valence-electron chi connectivity index (χ0n) is 22.3. The van der Waals surface area contributed by atoms with E-state index < -0.39 is 13.9 Å². The van der Waals surface area contributed by atoms with E-state index in [-0.39, 0.29) is 28.6 Å². The fourth-order valence-electron chi connectivity index (χ4n) is 8.51. The van der Waals surface area contributed by atoms with E-state index >= 15 is 0 Å². The van der Waals surface area contributed by atoms with Gasteiger partial charge in [-0.05, 0) is 92.7 Å². The van der Waals surface area contributed by atoms with Crippen molar-refractivity contribution in [3.63, 3.8) is 0 Å². The third-order valence-electron chi connectivity index (χ3n) is 11.4. The molecule has 0 heterocycles. The molecule has 32 heavy (non-hydrogen) atoms. The molecular formula is C28H50O3Si. The molecule has 0 aromatic carbocycles. The third kappa shape index (κ3) is 3.53. The Balaban J connectivity index is 1.78. The molecule has 4 aliphatic carbocycles. The van der Waals surface area contributed by atoms with Crippen molar-refractivity contribution in [2.24, 2.45) is 34.5 Å². The highest BCUT2D eigenvalue weighted by Gasteiger charge is 2.65. The molecule has 184 valence electrons. The second-order valence-electron chi connectivity index (χ2n) is 14.1. The van der Waals surface area contributed by atoms with Crippen LogP contribution in [0.5, 0.6) is 0 Å². The first-order valence-electron chi connectivity index (χ1n) is 13.4. The monoisotopic (exact) mass is 462 g/mol. The number of rotatable bonds is 3. The Hall–Kier alpha value is -0.163. The number of aliphatic hydroxyl groups is 2. The molecule has 0 spiro atoms. The summed E-state index contributed by atoms with van der Waals surface area (Å²) >= 11 is 0. The van der Waals surface area contributed by atoms with E-state index in [1.165, 1.54) is 37.7 Å². The molecule has 0 aliphatic heterocycles. The lowest BCUT2D eigenvalue weighted by Gasteiger charge is -2.64. The number of hydrogen-bond donors (Lipinski definition) is 2. The summed E-state index contributed by atoms with van der Waals surface area (Å²) in [5, 5.41) is 22.9. The van der Waals surface area contributed by atoms with Gasteiger partial charge in [0.05, 0.1) is 17.8 Å². The zero-order chi connectivity index (χ0) is 23.9. The van der Waals surface area contributed by atoms with E-state index in [0.717, 1.165) is 12.3 Å². The quantitative estimate of drug-likeness (QED) is 0.362. The van der Waals surface area contributed by atoms with Crippen LogP contribution in [-0.2, 0) is 4.43 Å². The van der Waals surface area contributed by atoms with E-state index in [1.807, 2.05) is 0 Å². The Morgan fingerprint density at radius 2 is 1.75 bits per heavy atom. The summed E-state index contributed by atoms with van der Waals surface area (Å²) in [7, 11) is -2.00. The lowest BCUT2D eigenvalue weighted by Crippen LogP contribution is -2.63. The van der Waals surface area contributed by atoms with E-state index in [2.05, 4.69) is 67.6 Å². The first-order valence-corrected chi connectivity index (χ1v) is 16.3. The van der Waals surface area contributed by atoms with Crippen LogP contribution in [0.25, 0.3) is 0 Å². The largest absolute Gasteiger partial charge is 0.413 e. The molecule has 3 fully saturated rings. The van der Waals surface area contributed by atoms with Crippen LogP contribution < -0.4 is 0 Å². The average Bonchev–Trinajstić information content (AvgIpc) is 2.98. The van der Waals surface area contributed by atoms with Crippen molar-refractivity contribution in [1.82, 2.24) is 0 Å². The van der Waals surface area contributed by atoms with Gasteiger partial charge in [-0.1, -0.05) is 59.6 Å². The Morgan fingerprint density at radius 1 is 1.09 bits per heavy atom. The maximum Gasteiger partial charge on any atom is 0.192 e. The predicted molar refractivity (Wildman–Crippen MR) is 135 cm³/mol. The van der Waals surface area contributed by atoms with Gasteiger partial charge in [0.25, 0.3) is 0 Å². The van der Waals surface area contributed by atoms with Gasteiger partial charge in [-0.3, -0.25) is 0 Å². The van der Waals surface area contributed by atoms with Crippen LogP contribution in [-0.4, -0.2) is 36.3 Å². The van der Waals surface area contributed by atoms with Gasteiger partial charge in [0, 0.05) is 5.41 Å². The van der Waals surface area contributed by atoms with Gasteiger partial charge in [-0.25, -0.2) is 0 Å². The molecule has 0 radical (unpaired) electrons. The van der Waals surface area contributed by atoms with Gasteiger partial charge >= 0.3 is 0 Å². The molecule has 0 amide bonds. The molecule has 4 heteroatoms. The summed E-state index contributed by atoms with van der Waals surface area (Å²) in [4.78, 5) is 0. The molecular weight excluding hydrogens is 412 g/mol. The Labute approximate surface area is 198 Å². The summed E-state index contributed by atoms with van der Waals surface area (Å²) in [5.41, 5.74) is 0.728. The third-order valence-corrected chi connectivity index (χ3v) is 15.9. The van der Waals surface area contributed by atoms with Gasteiger partial charge in [-0.15, -0.1) is 0 Å². The second kappa shape index (κ2) is 7.67.